The molecule has 1 nitrogen and oxygen atoms in total. The van der Waals surface area contributed by atoms with Crippen LogP contribution in [0.1, 0.15) is 26.7 Å². The van der Waals surface area contributed by atoms with Crippen LogP contribution in [-0.4, -0.2) is 6.54 Å². The summed E-state index contributed by atoms with van der Waals surface area (Å²) in [6.45, 7) is 4.16. The molecule has 0 aliphatic carbocycles. The van der Waals surface area contributed by atoms with Crippen molar-refractivity contribution in [1.29, 1.82) is 0 Å². The molecule has 1 aromatic carbocycles. The van der Waals surface area contributed by atoms with Crippen molar-refractivity contribution in [3.8, 4) is 0 Å². The molecule has 1 rings (SSSR count). The van der Waals surface area contributed by atoms with Gasteiger partial charge in [-0.3, -0.25) is 0 Å². The minimum atomic E-state index is -1.39. The van der Waals surface area contributed by atoms with Gasteiger partial charge in [0.15, 0.2) is 23.3 Å². The predicted molar refractivity (Wildman–Crippen MR) is 58.8 cm³/mol. The number of hydrogen-bond acceptors (Lipinski definition) is 1. The van der Waals surface area contributed by atoms with E-state index >= 15 is 0 Å². The van der Waals surface area contributed by atoms with Gasteiger partial charge in [0.2, 0.25) is 0 Å². The highest BCUT2D eigenvalue weighted by atomic mass is 19.2. The zero-order valence-electron chi connectivity index (χ0n) is 9.79. The topological polar surface area (TPSA) is 12.0 Å². The fourth-order valence-corrected chi connectivity index (χ4v) is 1.55. The molecule has 96 valence electrons. The molecule has 0 aromatic heterocycles. The van der Waals surface area contributed by atoms with Gasteiger partial charge < -0.3 is 5.32 Å². The van der Waals surface area contributed by atoms with Gasteiger partial charge in [-0.05, 0) is 5.92 Å². The van der Waals surface area contributed by atoms with Crippen LogP contribution in [0.25, 0.3) is 0 Å². The average molecular weight is 249 g/mol. The third kappa shape index (κ3) is 3.11. The Kier molecular flexibility index (Phi) is 4.78. The number of halogens is 4. The Balaban J connectivity index is 2.90. The molecular formula is C12H15F4N. The van der Waals surface area contributed by atoms with E-state index in [4.69, 9.17) is 0 Å². The first-order chi connectivity index (χ1) is 8.01. The Morgan fingerprint density at radius 1 is 1.00 bits per heavy atom. The lowest BCUT2D eigenvalue weighted by atomic mass is 10.0. The van der Waals surface area contributed by atoms with Crippen LogP contribution in [0.2, 0.25) is 0 Å². The number of hydrogen-bond donors (Lipinski definition) is 1. The molecule has 1 aromatic rings. The molecule has 0 atom stereocenters. The van der Waals surface area contributed by atoms with E-state index in [0.717, 1.165) is 12.8 Å². The minimum absolute atomic E-state index is 0.201. The molecular weight excluding hydrogens is 234 g/mol. The quantitative estimate of drug-likeness (QED) is 0.612. The largest absolute Gasteiger partial charge is 0.380 e. The summed E-state index contributed by atoms with van der Waals surface area (Å²) in [6.07, 6.45) is 1.65. The molecule has 0 saturated heterocycles. The second kappa shape index (κ2) is 5.89. The highest BCUT2D eigenvalue weighted by molar-refractivity contribution is 5.47. The van der Waals surface area contributed by atoms with E-state index in [9.17, 15) is 17.6 Å². The lowest BCUT2D eigenvalue weighted by Crippen LogP contribution is -2.15. The van der Waals surface area contributed by atoms with Gasteiger partial charge in [-0.2, -0.15) is 0 Å². The molecule has 0 unspecified atom stereocenters. The summed E-state index contributed by atoms with van der Waals surface area (Å²) >= 11 is 0. The van der Waals surface area contributed by atoms with Crippen molar-refractivity contribution >= 4 is 5.69 Å². The second-order valence-corrected chi connectivity index (χ2v) is 3.91. The first-order valence-electron chi connectivity index (χ1n) is 5.58. The monoisotopic (exact) mass is 249 g/mol. The maximum absolute atomic E-state index is 13.3. The summed E-state index contributed by atoms with van der Waals surface area (Å²) in [6, 6.07) is 0.201. The van der Waals surface area contributed by atoms with Gasteiger partial charge in [-0.15, -0.1) is 0 Å². The SMILES string of the molecule is CCC(CC)CNc1c(F)c(F)cc(F)c1F. The molecule has 0 aliphatic rings. The molecule has 0 radical (unpaired) electrons. The van der Waals surface area contributed by atoms with Crippen molar-refractivity contribution < 1.29 is 17.6 Å². The van der Waals surface area contributed by atoms with E-state index in [1.807, 2.05) is 13.8 Å². The first kappa shape index (κ1) is 13.8. The number of anilines is 1. The molecule has 0 fully saturated rings. The maximum Gasteiger partial charge on any atom is 0.185 e. The normalized spacial score (nSPS) is 11.0. The van der Waals surface area contributed by atoms with E-state index in [2.05, 4.69) is 5.32 Å². The summed E-state index contributed by atoms with van der Waals surface area (Å²) in [4.78, 5) is 0. The standard InChI is InChI=1S/C12H15F4N/c1-3-7(4-2)6-17-12-10(15)8(13)5-9(14)11(12)16/h5,7,17H,3-4,6H2,1-2H3. The summed E-state index contributed by atoms with van der Waals surface area (Å²) in [7, 11) is 0. The van der Waals surface area contributed by atoms with Gasteiger partial charge in [-0.1, -0.05) is 26.7 Å². The van der Waals surface area contributed by atoms with Gasteiger partial charge >= 0.3 is 0 Å². The second-order valence-electron chi connectivity index (χ2n) is 3.91. The van der Waals surface area contributed by atoms with Crippen LogP contribution in [0.3, 0.4) is 0 Å². The van der Waals surface area contributed by atoms with Gasteiger partial charge in [0.1, 0.15) is 5.69 Å². The molecule has 17 heavy (non-hydrogen) atoms. The smallest absolute Gasteiger partial charge is 0.185 e. The predicted octanol–water partition coefficient (Wildman–Crippen LogP) is 4.09. The molecule has 0 aliphatic heterocycles. The Morgan fingerprint density at radius 2 is 1.47 bits per heavy atom. The van der Waals surface area contributed by atoms with Crippen molar-refractivity contribution in [2.75, 3.05) is 11.9 Å². The van der Waals surface area contributed by atoms with Crippen molar-refractivity contribution in [3.05, 3.63) is 29.3 Å². The maximum atomic E-state index is 13.3. The van der Waals surface area contributed by atoms with E-state index < -0.39 is 29.0 Å². The van der Waals surface area contributed by atoms with Gasteiger partial charge in [0, 0.05) is 12.6 Å². The fourth-order valence-electron chi connectivity index (χ4n) is 1.55. The van der Waals surface area contributed by atoms with Crippen molar-refractivity contribution in [2.24, 2.45) is 5.92 Å². The third-order valence-corrected chi connectivity index (χ3v) is 2.83. The highest BCUT2D eigenvalue weighted by Crippen LogP contribution is 2.24. The van der Waals surface area contributed by atoms with Crippen LogP contribution in [0.5, 0.6) is 0 Å². The molecule has 0 saturated carbocycles. The van der Waals surface area contributed by atoms with E-state index in [1.165, 1.54) is 0 Å². The van der Waals surface area contributed by atoms with Crippen LogP contribution in [0.4, 0.5) is 23.2 Å². The molecule has 0 heterocycles. The Morgan fingerprint density at radius 3 is 1.88 bits per heavy atom. The lowest BCUT2D eigenvalue weighted by molar-refractivity contribution is 0.454. The minimum Gasteiger partial charge on any atom is -0.380 e. The number of benzene rings is 1. The first-order valence-corrected chi connectivity index (χ1v) is 5.58. The zero-order valence-corrected chi connectivity index (χ0v) is 9.79. The van der Waals surface area contributed by atoms with Crippen molar-refractivity contribution in [1.82, 2.24) is 0 Å². The lowest BCUT2D eigenvalue weighted by Gasteiger charge is -2.15. The van der Waals surface area contributed by atoms with E-state index in [1.54, 1.807) is 0 Å². The molecule has 1 N–H and O–H groups in total. The van der Waals surface area contributed by atoms with Crippen LogP contribution >= 0.6 is 0 Å². The number of rotatable bonds is 5. The third-order valence-electron chi connectivity index (χ3n) is 2.83. The summed E-state index contributed by atoms with van der Waals surface area (Å²) < 4.78 is 52.3. The molecule has 0 amide bonds. The number of nitrogens with one attached hydrogen (secondary N) is 1. The Bertz CT molecular complexity index is 362. The van der Waals surface area contributed by atoms with Gasteiger partial charge in [-0.25, -0.2) is 17.6 Å². The summed E-state index contributed by atoms with van der Waals surface area (Å²) in [5, 5.41) is 2.43. The van der Waals surface area contributed by atoms with Crippen molar-refractivity contribution in [2.45, 2.75) is 26.7 Å². The summed E-state index contributed by atoms with van der Waals surface area (Å²) in [5.74, 6) is -5.34. The van der Waals surface area contributed by atoms with Gasteiger partial charge in [0.05, 0.1) is 0 Å². The Labute approximate surface area is 97.8 Å². The molecule has 0 bridgehead atoms. The zero-order chi connectivity index (χ0) is 13.0. The summed E-state index contributed by atoms with van der Waals surface area (Å²) in [5.41, 5.74) is -0.727. The van der Waals surface area contributed by atoms with Crippen LogP contribution < -0.4 is 5.32 Å². The van der Waals surface area contributed by atoms with E-state index in [0.29, 0.717) is 0 Å². The van der Waals surface area contributed by atoms with E-state index in [-0.39, 0.29) is 18.5 Å². The van der Waals surface area contributed by atoms with Crippen LogP contribution in [0.15, 0.2) is 6.07 Å². The van der Waals surface area contributed by atoms with Gasteiger partial charge in [0.25, 0.3) is 0 Å². The van der Waals surface area contributed by atoms with Crippen LogP contribution in [-0.2, 0) is 0 Å². The molecule has 5 heteroatoms. The Hall–Kier alpha value is -1.26. The average Bonchev–Trinajstić information content (AvgIpc) is 2.31. The highest BCUT2D eigenvalue weighted by Gasteiger charge is 2.19. The fraction of sp³-hybridized carbons (Fsp3) is 0.500. The van der Waals surface area contributed by atoms with Crippen LogP contribution in [0, 0.1) is 29.2 Å². The van der Waals surface area contributed by atoms with Crippen molar-refractivity contribution in [3.63, 3.8) is 0 Å². The molecule has 0 spiro atoms.